The Morgan fingerprint density at radius 2 is 1.89 bits per heavy atom. The molecule has 1 aliphatic heterocycles. The highest BCUT2D eigenvalue weighted by atomic mass is 16.7. The first kappa shape index (κ1) is 21.2. The van der Waals surface area contributed by atoms with Crippen LogP contribution in [0.15, 0.2) is 30.3 Å². The molecule has 1 aromatic carbocycles. The van der Waals surface area contributed by atoms with Crippen molar-refractivity contribution >= 4 is 12.0 Å². The van der Waals surface area contributed by atoms with E-state index in [0.717, 1.165) is 5.56 Å². The standard InChI is InChI=1S/C20H30N2O5/c1-14(22-18(24)25-12-15-9-7-6-8-10-15)11-21-17(23)16-19(2,3)13-26-20(4,5)27-16/h6-10,14,16H,11-13H2,1-5H3,(H,21,23)(H,22,24)/t14-,16-/m0/s1. The van der Waals surface area contributed by atoms with Crippen molar-refractivity contribution < 1.29 is 23.8 Å². The van der Waals surface area contributed by atoms with Crippen LogP contribution in [0.5, 0.6) is 0 Å². The zero-order valence-electron chi connectivity index (χ0n) is 16.7. The summed E-state index contributed by atoms with van der Waals surface area (Å²) in [6.07, 6.45) is -1.15. The van der Waals surface area contributed by atoms with Crippen molar-refractivity contribution in [1.29, 1.82) is 0 Å². The van der Waals surface area contributed by atoms with E-state index in [9.17, 15) is 9.59 Å². The quantitative estimate of drug-likeness (QED) is 0.795. The molecule has 7 heteroatoms. The lowest BCUT2D eigenvalue weighted by atomic mass is 9.85. The van der Waals surface area contributed by atoms with E-state index < -0.39 is 23.4 Å². The van der Waals surface area contributed by atoms with Gasteiger partial charge in [-0.25, -0.2) is 4.79 Å². The molecule has 0 unspecified atom stereocenters. The van der Waals surface area contributed by atoms with Crippen LogP contribution in [0.3, 0.4) is 0 Å². The van der Waals surface area contributed by atoms with Gasteiger partial charge in [-0.1, -0.05) is 44.2 Å². The van der Waals surface area contributed by atoms with Crippen LogP contribution in [0.2, 0.25) is 0 Å². The summed E-state index contributed by atoms with van der Waals surface area (Å²) >= 11 is 0. The Hall–Kier alpha value is -2.12. The van der Waals surface area contributed by atoms with Crippen LogP contribution in [0, 0.1) is 5.41 Å². The second-order valence-corrected chi connectivity index (χ2v) is 8.03. The SMILES string of the molecule is C[C@@H](CNC(=O)[C@@H]1OC(C)(C)OCC1(C)C)NC(=O)OCc1ccccc1. The van der Waals surface area contributed by atoms with Gasteiger partial charge in [0.2, 0.25) is 5.91 Å². The molecule has 27 heavy (non-hydrogen) atoms. The average molecular weight is 378 g/mol. The fourth-order valence-corrected chi connectivity index (χ4v) is 2.68. The topological polar surface area (TPSA) is 85.9 Å². The molecule has 1 heterocycles. The van der Waals surface area contributed by atoms with E-state index in [4.69, 9.17) is 14.2 Å². The first-order valence-electron chi connectivity index (χ1n) is 9.16. The molecule has 1 fully saturated rings. The van der Waals surface area contributed by atoms with E-state index in [1.165, 1.54) is 0 Å². The highest BCUT2D eigenvalue weighted by molar-refractivity contribution is 5.82. The zero-order valence-corrected chi connectivity index (χ0v) is 16.7. The molecule has 1 aromatic rings. The molecule has 2 rings (SSSR count). The molecular formula is C20H30N2O5. The summed E-state index contributed by atoms with van der Waals surface area (Å²) in [6, 6.07) is 9.15. The number of carbonyl (C=O) groups excluding carboxylic acids is 2. The number of carbonyl (C=O) groups is 2. The van der Waals surface area contributed by atoms with Gasteiger partial charge in [-0.2, -0.15) is 0 Å². The molecule has 0 saturated carbocycles. The second kappa shape index (κ2) is 8.71. The molecule has 0 radical (unpaired) electrons. The van der Waals surface area contributed by atoms with E-state index in [1.807, 2.05) is 44.2 Å². The molecule has 0 bridgehead atoms. The molecule has 2 amide bonds. The summed E-state index contributed by atoms with van der Waals surface area (Å²) in [5, 5.41) is 5.54. The highest BCUT2D eigenvalue weighted by Crippen LogP contribution is 2.34. The van der Waals surface area contributed by atoms with E-state index in [2.05, 4.69) is 10.6 Å². The number of alkyl carbamates (subject to hydrolysis) is 1. The Morgan fingerprint density at radius 3 is 2.56 bits per heavy atom. The first-order chi connectivity index (χ1) is 12.6. The lowest BCUT2D eigenvalue weighted by Gasteiger charge is -2.44. The Bertz CT molecular complexity index is 645. The van der Waals surface area contributed by atoms with Crippen LogP contribution in [0.25, 0.3) is 0 Å². The summed E-state index contributed by atoms with van der Waals surface area (Å²) in [5.74, 6) is -1.02. The lowest BCUT2D eigenvalue weighted by molar-refractivity contribution is -0.304. The van der Waals surface area contributed by atoms with Gasteiger partial charge in [-0.05, 0) is 26.3 Å². The minimum Gasteiger partial charge on any atom is -0.445 e. The number of nitrogens with one attached hydrogen (secondary N) is 2. The van der Waals surface area contributed by atoms with Gasteiger partial charge in [0.1, 0.15) is 12.7 Å². The van der Waals surface area contributed by atoms with Crippen LogP contribution in [0.1, 0.15) is 40.2 Å². The monoisotopic (exact) mass is 378 g/mol. The molecular weight excluding hydrogens is 348 g/mol. The van der Waals surface area contributed by atoms with Crippen molar-refractivity contribution in [2.45, 2.75) is 59.2 Å². The number of hydrogen-bond donors (Lipinski definition) is 2. The molecule has 2 atom stereocenters. The lowest BCUT2D eigenvalue weighted by Crippen LogP contribution is -2.57. The molecule has 1 aliphatic rings. The van der Waals surface area contributed by atoms with Crippen molar-refractivity contribution in [3.05, 3.63) is 35.9 Å². The Labute approximate surface area is 160 Å². The summed E-state index contributed by atoms with van der Waals surface area (Å²) in [7, 11) is 0. The molecule has 0 aliphatic carbocycles. The van der Waals surface area contributed by atoms with Crippen LogP contribution >= 0.6 is 0 Å². The number of benzene rings is 1. The van der Waals surface area contributed by atoms with Crippen LogP contribution in [-0.4, -0.2) is 43.1 Å². The van der Waals surface area contributed by atoms with Gasteiger partial charge in [-0.3, -0.25) is 4.79 Å². The van der Waals surface area contributed by atoms with E-state index in [-0.39, 0.29) is 25.1 Å². The summed E-state index contributed by atoms with van der Waals surface area (Å²) in [4.78, 5) is 24.4. The fourth-order valence-electron chi connectivity index (χ4n) is 2.68. The highest BCUT2D eigenvalue weighted by Gasteiger charge is 2.45. The normalized spacial score (nSPS) is 21.7. The van der Waals surface area contributed by atoms with Gasteiger partial charge in [0.15, 0.2) is 5.79 Å². The van der Waals surface area contributed by atoms with Crippen LogP contribution < -0.4 is 10.6 Å². The Balaban J connectivity index is 1.76. The molecule has 0 aromatic heterocycles. The summed E-state index contributed by atoms with van der Waals surface area (Å²) in [5.41, 5.74) is 0.473. The maximum atomic E-state index is 12.6. The van der Waals surface area contributed by atoms with Crippen LogP contribution in [0.4, 0.5) is 4.79 Å². The van der Waals surface area contributed by atoms with E-state index in [1.54, 1.807) is 20.8 Å². The van der Waals surface area contributed by atoms with Crippen molar-refractivity contribution in [3.8, 4) is 0 Å². The van der Waals surface area contributed by atoms with Crippen molar-refractivity contribution in [2.75, 3.05) is 13.2 Å². The number of hydrogen-bond acceptors (Lipinski definition) is 5. The Kier molecular flexibility index (Phi) is 6.84. The van der Waals surface area contributed by atoms with Crippen molar-refractivity contribution in [1.82, 2.24) is 10.6 Å². The molecule has 1 saturated heterocycles. The molecule has 0 spiro atoms. The maximum absolute atomic E-state index is 12.6. The summed E-state index contributed by atoms with van der Waals surface area (Å²) < 4.78 is 16.6. The minimum atomic E-state index is -0.803. The number of amides is 2. The van der Waals surface area contributed by atoms with Gasteiger partial charge >= 0.3 is 6.09 Å². The second-order valence-electron chi connectivity index (χ2n) is 8.03. The third-order valence-corrected chi connectivity index (χ3v) is 4.30. The fraction of sp³-hybridized carbons (Fsp3) is 0.600. The Morgan fingerprint density at radius 1 is 1.22 bits per heavy atom. The zero-order chi connectivity index (χ0) is 20.1. The van der Waals surface area contributed by atoms with Crippen molar-refractivity contribution in [3.63, 3.8) is 0 Å². The van der Waals surface area contributed by atoms with Gasteiger partial charge in [0, 0.05) is 18.0 Å². The van der Waals surface area contributed by atoms with Crippen LogP contribution in [-0.2, 0) is 25.6 Å². The number of rotatable bonds is 6. The predicted molar refractivity (Wildman–Crippen MR) is 101 cm³/mol. The number of ether oxygens (including phenoxy) is 3. The third kappa shape index (κ3) is 6.52. The van der Waals surface area contributed by atoms with Gasteiger partial charge < -0.3 is 24.8 Å². The van der Waals surface area contributed by atoms with E-state index in [0.29, 0.717) is 6.61 Å². The predicted octanol–water partition coefficient (Wildman–Crippen LogP) is 2.60. The average Bonchev–Trinajstić information content (AvgIpc) is 2.61. The van der Waals surface area contributed by atoms with Crippen molar-refractivity contribution in [2.24, 2.45) is 5.41 Å². The molecule has 2 N–H and O–H groups in total. The molecule has 7 nitrogen and oxygen atoms in total. The summed E-state index contributed by atoms with van der Waals surface area (Å²) in [6.45, 7) is 10.1. The largest absolute Gasteiger partial charge is 0.445 e. The third-order valence-electron chi connectivity index (χ3n) is 4.30. The van der Waals surface area contributed by atoms with Gasteiger partial charge in [0.05, 0.1) is 6.61 Å². The minimum absolute atomic E-state index is 0.199. The van der Waals surface area contributed by atoms with Gasteiger partial charge in [-0.15, -0.1) is 0 Å². The van der Waals surface area contributed by atoms with E-state index >= 15 is 0 Å². The smallest absolute Gasteiger partial charge is 0.407 e. The maximum Gasteiger partial charge on any atom is 0.407 e. The molecule has 150 valence electrons. The van der Waals surface area contributed by atoms with Gasteiger partial charge in [0.25, 0.3) is 0 Å². The first-order valence-corrected chi connectivity index (χ1v) is 9.16.